The van der Waals surface area contributed by atoms with E-state index in [0.717, 1.165) is 18.9 Å². The fourth-order valence-corrected chi connectivity index (χ4v) is 21.2. The first-order valence-corrected chi connectivity index (χ1v) is 50.9. The van der Waals surface area contributed by atoms with E-state index in [0.29, 0.717) is 40.6 Å². The van der Waals surface area contributed by atoms with Gasteiger partial charge in [-0.2, -0.15) is 5.48 Å². The summed E-state index contributed by atoms with van der Waals surface area (Å²) < 4.78 is 78.3. The number of likely N-dealkylation sites (tertiary alicyclic amines) is 1. The molecule has 5 heterocycles. The minimum Gasteiger partial charge on any atom is -0.492 e. The maximum absolute atomic E-state index is 14.7. The molecule has 7 aliphatic rings. The lowest BCUT2D eigenvalue weighted by atomic mass is 9.75. The van der Waals surface area contributed by atoms with Crippen molar-refractivity contribution in [3.8, 4) is 40.9 Å². The Morgan fingerprint density at radius 2 is 1.49 bits per heavy atom. The van der Waals surface area contributed by atoms with Crippen LogP contribution in [0, 0.1) is 51.9 Å². The van der Waals surface area contributed by atoms with E-state index in [1.165, 1.54) is 112 Å². The van der Waals surface area contributed by atoms with Gasteiger partial charge in [0.1, 0.15) is 55.6 Å². The standard InChI is InChI=1S/C95H131IN10O34S3/c1-16-106(69(116)43-100-92(124)133-45-53-22-24-56(25-23-53)102-88(122)55(37-66(97)113)36-61(110)49(4)101-86(120)47(2)35-57(108)26-27-68(115)105-32-28-54(29-33-105)87(121)98-10)60-46-132-70(39-65(60)127-11)138-83-78(118)75(104-140-71-38-62(111)85(52(7)134-71)142-89(123)72-48(3)74(96)81(84(130-14)80(72)128-12)139-90-79(119)82(129-13)77(117)51(6)136-90)50(5)135-91(83)137-64-21-19-17-18-20-31-95(126)40-63(112)76(103-93(125)131-15)73(64)59(95)30-34-141-143-94(8,9)41-67(114)99-42-58(109)44-107/h17-18,22-25,30,47,49-52,54-55,58,60,62,64-65,70-71,75,77-79,82-83,85,90-91,104,107,109,111,117-119,126H,16,26-29,32-46H2,1-15H3,(H2,97,113)(H,98,121)(H,99,114)(H,100,124)(H,101,120)(H,102,122)(H,103,125)/b18-17-,59-30+/t47-,49+,50?,51?,52?,55+,58?,60?,62?,64+,65?,70?,71?,75?,77?,78?,79?,82?,83?,85?,90?,91?,95+/m1/s1. The molecule has 9 amide bonds. The number of aliphatic hydroxyl groups excluding tert-OH is 6. The summed E-state index contributed by atoms with van der Waals surface area (Å²) in [5.74, 6) is 3.58. The molecule has 790 valence electrons. The molecule has 2 aromatic rings. The van der Waals surface area contributed by atoms with Crippen LogP contribution in [0.2, 0.25) is 0 Å². The lowest BCUT2D eigenvalue weighted by molar-refractivity contribution is -0.337. The molecule has 2 bridgehead atoms. The number of hydroxylamine groups is 1. The van der Waals surface area contributed by atoms with Crippen LogP contribution in [0.15, 0.2) is 59.3 Å². The molecule has 0 aromatic heterocycles. The van der Waals surface area contributed by atoms with Crippen LogP contribution in [0.1, 0.15) is 148 Å². The number of aliphatic hydroxyl groups is 7. The second kappa shape index (κ2) is 55.0. The fraction of sp³-hybridized carbons (Fsp3) is 0.632. The number of fused-ring (bicyclic) bond motifs is 2. The van der Waals surface area contributed by atoms with Crippen molar-refractivity contribution in [1.82, 2.24) is 41.9 Å². The second-order valence-corrected chi connectivity index (χ2v) is 41.2. The Labute approximate surface area is 854 Å². The average molecular weight is 2180 g/mol. The molecule has 5 fully saturated rings. The number of alkyl carbamates (subject to hydrolysis) is 2. The number of nitrogens with two attached hydrogens (primary N) is 1. The quantitative estimate of drug-likeness (QED) is 0.0148. The molecule has 2 aromatic carbocycles. The zero-order chi connectivity index (χ0) is 105. The minimum atomic E-state index is -2.31. The molecule has 23 atom stereocenters. The number of primary amides is 1. The van der Waals surface area contributed by atoms with Gasteiger partial charge in [-0.3, -0.25) is 62.9 Å². The van der Waals surface area contributed by atoms with E-state index in [1.54, 1.807) is 59.6 Å². The van der Waals surface area contributed by atoms with Gasteiger partial charge in [0.15, 0.2) is 47.5 Å². The normalized spacial score (nSPS) is 27.4. The van der Waals surface area contributed by atoms with Gasteiger partial charge >= 0.3 is 12.2 Å². The van der Waals surface area contributed by atoms with Gasteiger partial charge in [0.25, 0.3) is 0 Å². The molecule has 48 heteroatoms. The molecule has 0 spiro atoms. The van der Waals surface area contributed by atoms with Gasteiger partial charge in [-0.15, -0.1) is 0 Å². The number of thioether (sulfide) groups is 1. The zero-order valence-corrected chi connectivity index (χ0v) is 86.8. The summed E-state index contributed by atoms with van der Waals surface area (Å²) in [6, 6.07) is 2.61. The highest BCUT2D eigenvalue weighted by Crippen LogP contribution is 2.50. The van der Waals surface area contributed by atoms with E-state index >= 15 is 0 Å². The Balaban J connectivity index is 0.868. The van der Waals surface area contributed by atoms with Crippen molar-refractivity contribution in [3.63, 3.8) is 0 Å². The van der Waals surface area contributed by atoms with Gasteiger partial charge < -0.3 is 139 Å². The van der Waals surface area contributed by atoms with Crippen molar-refractivity contribution in [2.45, 2.75) is 272 Å². The van der Waals surface area contributed by atoms with Crippen molar-refractivity contribution >= 4 is 138 Å². The van der Waals surface area contributed by atoms with E-state index in [2.05, 4.69) is 61.1 Å². The van der Waals surface area contributed by atoms with Gasteiger partial charge in [-0.25, -0.2) is 9.59 Å². The van der Waals surface area contributed by atoms with Crippen LogP contribution in [0.5, 0.6) is 17.2 Å². The van der Waals surface area contributed by atoms with Crippen molar-refractivity contribution in [2.24, 2.45) is 23.5 Å². The Morgan fingerprint density at radius 1 is 0.797 bits per heavy atom. The summed E-state index contributed by atoms with van der Waals surface area (Å²) in [4.78, 5) is 183. The number of benzene rings is 2. The second-order valence-electron chi connectivity index (χ2n) is 35.9. The molecule has 5 saturated heterocycles. The zero-order valence-electron chi connectivity index (χ0n) is 82.2. The number of piperidine rings is 1. The fourth-order valence-electron chi connectivity index (χ4n) is 17.1. The Hall–Kier alpha value is -9.21. The maximum Gasteiger partial charge on any atom is 0.411 e. The van der Waals surface area contributed by atoms with Crippen LogP contribution in [-0.2, 0) is 107 Å². The van der Waals surface area contributed by atoms with Crippen LogP contribution in [0.25, 0.3) is 0 Å². The number of anilines is 1. The number of hydrogen-bond acceptors (Lipinski definition) is 38. The number of hydrogen-bond donors (Lipinski definition) is 15. The monoisotopic (exact) mass is 2180 g/mol. The number of carbonyl (C=O) groups excluding carboxylic acids is 13. The highest BCUT2D eigenvalue weighted by Gasteiger charge is 2.53. The number of rotatable bonds is 46. The van der Waals surface area contributed by atoms with Crippen molar-refractivity contribution in [3.05, 3.63) is 79.6 Å². The lowest BCUT2D eigenvalue weighted by Gasteiger charge is -2.47. The maximum atomic E-state index is 14.7. The smallest absolute Gasteiger partial charge is 0.411 e. The van der Waals surface area contributed by atoms with Crippen LogP contribution < -0.4 is 57.3 Å². The third-order valence-electron chi connectivity index (χ3n) is 25.0. The number of halogens is 1. The number of ketones is 3. The molecule has 0 radical (unpaired) electrons. The van der Waals surface area contributed by atoms with Gasteiger partial charge in [-0.1, -0.05) is 82.2 Å². The Morgan fingerprint density at radius 3 is 2.13 bits per heavy atom. The molecule has 2 aliphatic carbocycles. The number of ether oxygens (including phenoxy) is 13. The lowest BCUT2D eigenvalue weighted by Crippen LogP contribution is -2.65. The SMILES string of the molecule is CCN(C(=O)CNC(=O)OCc1ccc(NC(=O)[C@H](CC(N)=O)CC(=O)[C@H](C)NC(=O)[C@H](C)CC(=O)CCC(=O)N2CCC(C(=O)NC)CC2)cc1)C1COC(OC2C(O[C@H]3C#C/C=C\C#C[C@]4(O)CC(=O)C(NC(=O)OC)=C3/C4=C\CSSC(C)(C)CC(=O)NCC(O)CO)OC(C)C(NOC3CC(O)C(SC(=O)c4c(C)c(I)c(OC5OC(C)C(O)C(OC)C5O)c(OC)c4OC)C(C)O3)C2O)CC1OC. The average Bonchev–Trinajstić information content (AvgIpc) is 0.749. The first kappa shape index (κ1) is 117. The van der Waals surface area contributed by atoms with Crippen LogP contribution >= 0.6 is 55.9 Å². The molecule has 16 N–H and O–H groups in total. The molecule has 0 saturated carbocycles. The highest BCUT2D eigenvalue weighted by atomic mass is 127. The Kier molecular flexibility index (Phi) is 45.1. The summed E-state index contributed by atoms with van der Waals surface area (Å²) in [5.41, 5.74) is 6.40. The minimum absolute atomic E-state index is 0.0325. The predicted octanol–water partition coefficient (Wildman–Crippen LogP) is 1.98. The van der Waals surface area contributed by atoms with Crippen LogP contribution in [0.4, 0.5) is 15.3 Å². The third kappa shape index (κ3) is 31.9. The van der Waals surface area contributed by atoms with Crippen molar-refractivity contribution in [1.29, 1.82) is 0 Å². The number of allylic oxidation sites excluding steroid dienone is 3. The summed E-state index contributed by atoms with van der Waals surface area (Å²) in [7, 11) is 10.5. The first-order chi connectivity index (χ1) is 67.8. The van der Waals surface area contributed by atoms with Crippen molar-refractivity contribution in [2.75, 3.05) is 99.6 Å². The first-order valence-electron chi connectivity index (χ1n) is 46.6. The van der Waals surface area contributed by atoms with E-state index in [1.807, 2.05) is 22.6 Å². The number of amides is 9. The van der Waals surface area contributed by atoms with Gasteiger partial charge in [0.05, 0.1) is 122 Å². The summed E-state index contributed by atoms with van der Waals surface area (Å²) in [6.07, 6.45) is -20.7. The largest absolute Gasteiger partial charge is 0.492 e. The molecule has 9 rings (SSSR count). The summed E-state index contributed by atoms with van der Waals surface area (Å²) >= 11 is 2.71. The van der Waals surface area contributed by atoms with Gasteiger partial charge in [-0.05, 0) is 126 Å². The molecular weight excluding hydrogens is 2050 g/mol. The number of Topliss-reactive ketones (excluding diaryl/α,β-unsaturated/α-hetero) is 3. The van der Waals surface area contributed by atoms with E-state index in [4.69, 9.17) is 72.2 Å². The predicted molar refractivity (Wildman–Crippen MR) is 524 cm³/mol. The number of carbonyl (C=O) groups is 13. The van der Waals surface area contributed by atoms with E-state index in [9.17, 15) is 98.1 Å². The van der Waals surface area contributed by atoms with E-state index < -0.39 is 240 Å². The number of nitrogens with zero attached hydrogens (tertiary/aromatic N) is 2. The van der Waals surface area contributed by atoms with E-state index in [-0.39, 0.29) is 134 Å². The molecule has 44 nitrogen and oxygen atoms in total. The highest BCUT2D eigenvalue weighted by molar-refractivity contribution is 14.1. The number of likely N-dealkylation sites (N-methyl/N-ethyl adjacent to an activating group) is 1. The third-order valence-corrected chi connectivity index (χ3v) is 30.8. The summed E-state index contributed by atoms with van der Waals surface area (Å²) in [5, 5.41) is 92.6. The molecular formula is C95H131IN10O34S3. The number of nitrogens with one attached hydrogen (secondary N) is 7. The van der Waals surface area contributed by atoms with Crippen LogP contribution in [-0.4, -0.2) is 348 Å². The van der Waals surface area contributed by atoms with Gasteiger partial charge in [0, 0.05) is 138 Å². The van der Waals surface area contributed by atoms with Gasteiger partial charge in [0.2, 0.25) is 58.5 Å². The molecule has 5 aliphatic heterocycles. The number of methoxy groups -OCH3 is 5. The van der Waals surface area contributed by atoms with Crippen LogP contribution in [0.3, 0.4) is 0 Å². The van der Waals surface area contributed by atoms with Crippen molar-refractivity contribution < 1.29 is 164 Å². The molecule has 18 unspecified atom stereocenters. The topological polar surface area (TPSA) is 609 Å². The molecule has 143 heavy (non-hydrogen) atoms. The summed E-state index contributed by atoms with van der Waals surface area (Å²) in [6.45, 7) is 13.4. The Bertz CT molecular complexity index is 5070.